The van der Waals surface area contributed by atoms with E-state index < -0.39 is 27.6 Å². The zero-order valence-electron chi connectivity index (χ0n) is 16.0. The predicted molar refractivity (Wildman–Crippen MR) is 98.8 cm³/mol. The lowest BCUT2D eigenvalue weighted by Gasteiger charge is -2.30. The van der Waals surface area contributed by atoms with E-state index >= 15 is 0 Å². The Balaban J connectivity index is 1.92. The molecule has 1 heterocycles. The molecule has 0 atom stereocenters. The molecule has 2 amide bonds. The van der Waals surface area contributed by atoms with Crippen LogP contribution in [0.4, 0.5) is 8.78 Å². The second-order valence-corrected chi connectivity index (χ2v) is 8.48. The number of amides is 2. The second-order valence-electron chi connectivity index (χ2n) is 6.54. The van der Waals surface area contributed by atoms with Gasteiger partial charge in [0, 0.05) is 32.1 Å². The molecule has 0 aliphatic carbocycles. The van der Waals surface area contributed by atoms with Crippen molar-refractivity contribution in [3.63, 3.8) is 0 Å². The van der Waals surface area contributed by atoms with Crippen molar-refractivity contribution in [2.24, 2.45) is 5.92 Å². The van der Waals surface area contributed by atoms with Crippen molar-refractivity contribution in [1.82, 2.24) is 14.5 Å². The van der Waals surface area contributed by atoms with Crippen molar-refractivity contribution in [3.8, 4) is 0 Å². The molecule has 0 spiro atoms. The van der Waals surface area contributed by atoms with Gasteiger partial charge in [-0.25, -0.2) is 17.2 Å². The Morgan fingerprint density at radius 2 is 1.75 bits per heavy atom. The highest BCUT2D eigenvalue weighted by Gasteiger charge is 2.32. The van der Waals surface area contributed by atoms with E-state index in [0.29, 0.717) is 19.2 Å². The summed E-state index contributed by atoms with van der Waals surface area (Å²) >= 11 is 0. The average molecular weight is 417 g/mol. The molecule has 0 radical (unpaired) electrons. The van der Waals surface area contributed by atoms with E-state index in [1.54, 1.807) is 4.90 Å². The molecule has 1 aromatic carbocycles. The number of piperidine rings is 1. The zero-order valence-corrected chi connectivity index (χ0v) is 16.8. The van der Waals surface area contributed by atoms with Crippen LogP contribution in [0.2, 0.25) is 0 Å². The van der Waals surface area contributed by atoms with E-state index in [2.05, 4.69) is 5.32 Å². The van der Waals surface area contributed by atoms with Gasteiger partial charge in [-0.15, -0.1) is 0 Å². The van der Waals surface area contributed by atoms with Crippen LogP contribution in [0.1, 0.15) is 26.7 Å². The minimum atomic E-state index is -3.96. The predicted octanol–water partition coefficient (Wildman–Crippen LogP) is 1.35. The summed E-state index contributed by atoms with van der Waals surface area (Å²) in [6, 6.07) is 2.45. The third-order valence-corrected chi connectivity index (χ3v) is 6.78. The summed E-state index contributed by atoms with van der Waals surface area (Å²) in [4.78, 5) is 25.5. The van der Waals surface area contributed by atoms with Crippen molar-refractivity contribution >= 4 is 21.8 Å². The van der Waals surface area contributed by atoms with Crippen molar-refractivity contribution < 1.29 is 26.8 Å². The zero-order chi connectivity index (χ0) is 20.9. The first-order valence-corrected chi connectivity index (χ1v) is 10.6. The van der Waals surface area contributed by atoms with Crippen LogP contribution in [0.25, 0.3) is 0 Å². The first-order chi connectivity index (χ1) is 13.2. The van der Waals surface area contributed by atoms with E-state index in [-0.39, 0.29) is 49.2 Å². The van der Waals surface area contributed by atoms with Crippen molar-refractivity contribution in [1.29, 1.82) is 0 Å². The summed E-state index contributed by atoms with van der Waals surface area (Å²) in [6.07, 6.45) is 0.572. The van der Waals surface area contributed by atoms with E-state index in [9.17, 15) is 26.8 Å². The smallest absolute Gasteiger partial charge is 0.243 e. The molecule has 1 N–H and O–H groups in total. The topological polar surface area (TPSA) is 86.8 Å². The molecule has 1 aliphatic rings. The van der Waals surface area contributed by atoms with Crippen LogP contribution in [0.3, 0.4) is 0 Å². The molecule has 1 fully saturated rings. The highest BCUT2D eigenvalue weighted by molar-refractivity contribution is 7.89. The molecule has 7 nitrogen and oxygen atoms in total. The number of benzene rings is 1. The maximum Gasteiger partial charge on any atom is 0.243 e. The fraction of sp³-hybridized carbons (Fsp3) is 0.556. The molecule has 1 saturated heterocycles. The maximum absolute atomic E-state index is 13.4. The minimum Gasteiger partial charge on any atom is -0.347 e. The highest BCUT2D eigenvalue weighted by Crippen LogP contribution is 2.25. The number of hydrogen-bond donors (Lipinski definition) is 1. The monoisotopic (exact) mass is 417 g/mol. The number of rotatable bonds is 7. The van der Waals surface area contributed by atoms with E-state index in [1.165, 1.54) is 0 Å². The number of carbonyl (C=O) groups is 2. The molecule has 0 saturated carbocycles. The van der Waals surface area contributed by atoms with Gasteiger partial charge in [-0.3, -0.25) is 9.59 Å². The van der Waals surface area contributed by atoms with E-state index in [1.807, 2.05) is 13.8 Å². The lowest BCUT2D eigenvalue weighted by molar-refractivity contribution is -0.134. The van der Waals surface area contributed by atoms with Crippen LogP contribution in [0.5, 0.6) is 0 Å². The van der Waals surface area contributed by atoms with Crippen LogP contribution in [0, 0.1) is 17.6 Å². The number of sulfonamides is 1. The van der Waals surface area contributed by atoms with Gasteiger partial charge in [0.2, 0.25) is 21.8 Å². The van der Waals surface area contributed by atoms with Crippen molar-refractivity contribution in [2.75, 3.05) is 32.7 Å². The Bertz CT molecular complexity index is 820. The molecule has 10 heteroatoms. The molecular weight excluding hydrogens is 392 g/mol. The third-order valence-electron chi connectivity index (χ3n) is 4.88. The molecule has 0 aromatic heterocycles. The number of nitrogens with zero attached hydrogens (tertiary/aromatic N) is 2. The number of nitrogens with one attached hydrogen (secondary N) is 1. The summed E-state index contributed by atoms with van der Waals surface area (Å²) in [5.74, 6) is -3.20. The maximum atomic E-state index is 13.4. The molecular formula is C18H25F2N3O4S. The van der Waals surface area contributed by atoms with E-state index in [0.717, 1.165) is 16.4 Å². The van der Waals surface area contributed by atoms with Crippen LogP contribution in [0.15, 0.2) is 23.1 Å². The minimum absolute atomic E-state index is 0.0867. The van der Waals surface area contributed by atoms with Crippen molar-refractivity contribution in [2.45, 2.75) is 31.6 Å². The van der Waals surface area contributed by atoms with Gasteiger partial charge >= 0.3 is 0 Å². The number of likely N-dealkylation sites (N-methyl/N-ethyl adjacent to an activating group) is 1. The third kappa shape index (κ3) is 5.05. The number of carbonyl (C=O) groups excluding carboxylic acids is 2. The van der Waals surface area contributed by atoms with Gasteiger partial charge in [-0.2, -0.15) is 4.31 Å². The fourth-order valence-corrected chi connectivity index (χ4v) is 4.62. The molecule has 156 valence electrons. The van der Waals surface area contributed by atoms with Gasteiger partial charge in [0.25, 0.3) is 0 Å². The molecule has 0 unspecified atom stereocenters. The van der Waals surface area contributed by atoms with Gasteiger partial charge in [0.15, 0.2) is 11.6 Å². The summed E-state index contributed by atoms with van der Waals surface area (Å²) in [5.41, 5.74) is 0. The molecule has 2 rings (SSSR count). The van der Waals surface area contributed by atoms with Gasteiger partial charge < -0.3 is 10.2 Å². The SMILES string of the molecule is CCN(CC)C(=O)CNC(=O)C1CCN(S(=O)(=O)c2ccc(F)c(F)c2)CC1. The summed E-state index contributed by atoms with van der Waals surface area (Å²) in [7, 11) is -3.96. The Kier molecular flexibility index (Phi) is 7.48. The fourth-order valence-electron chi connectivity index (χ4n) is 3.14. The molecule has 28 heavy (non-hydrogen) atoms. The Hall–Kier alpha value is -2.07. The van der Waals surface area contributed by atoms with Crippen LogP contribution >= 0.6 is 0 Å². The standard InChI is InChI=1S/C18H25F2N3O4S/c1-3-22(4-2)17(24)12-21-18(25)13-7-9-23(10-8-13)28(26,27)14-5-6-15(19)16(20)11-14/h5-6,11,13H,3-4,7-10,12H2,1-2H3,(H,21,25). The van der Waals surface area contributed by atoms with Gasteiger partial charge in [0.1, 0.15) is 0 Å². The highest BCUT2D eigenvalue weighted by atomic mass is 32.2. The van der Waals surface area contributed by atoms with Gasteiger partial charge in [-0.1, -0.05) is 0 Å². The first-order valence-electron chi connectivity index (χ1n) is 9.21. The van der Waals surface area contributed by atoms with Gasteiger partial charge in [0.05, 0.1) is 11.4 Å². The Labute approximate surface area is 163 Å². The normalized spacial score (nSPS) is 16.0. The molecule has 1 aliphatic heterocycles. The summed E-state index contributed by atoms with van der Waals surface area (Å²) in [6.45, 7) is 4.91. The molecule has 1 aromatic rings. The number of halogens is 2. The Morgan fingerprint density at radius 1 is 1.14 bits per heavy atom. The number of hydrogen-bond acceptors (Lipinski definition) is 4. The average Bonchev–Trinajstić information content (AvgIpc) is 2.69. The molecule has 0 bridgehead atoms. The van der Waals surface area contributed by atoms with E-state index in [4.69, 9.17) is 0 Å². The lowest BCUT2D eigenvalue weighted by Crippen LogP contribution is -2.45. The largest absolute Gasteiger partial charge is 0.347 e. The second kappa shape index (κ2) is 9.42. The summed E-state index contributed by atoms with van der Waals surface area (Å²) < 4.78 is 52.7. The first kappa shape index (κ1) is 22.2. The van der Waals surface area contributed by atoms with Crippen LogP contribution < -0.4 is 5.32 Å². The van der Waals surface area contributed by atoms with Gasteiger partial charge in [-0.05, 0) is 44.9 Å². The quantitative estimate of drug-likeness (QED) is 0.726. The lowest BCUT2D eigenvalue weighted by atomic mass is 9.97. The Morgan fingerprint density at radius 3 is 2.29 bits per heavy atom. The van der Waals surface area contributed by atoms with Crippen molar-refractivity contribution in [3.05, 3.63) is 29.8 Å². The summed E-state index contributed by atoms with van der Waals surface area (Å²) in [5, 5.41) is 2.61. The van der Waals surface area contributed by atoms with Crippen LogP contribution in [-0.2, 0) is 19.6 Å². The van der Waals surface area contributed by atoms with Crippen LogP contribution in [-0.4, -0.2) is 62.2 Å².